The van der Waals surface area contributed by atoms with Crippen molar-refractivity contribution in [2.45, 2.75) is 26.5 Å². The van der Waals surface area contributed by atoms with Crippen LogP contribution in [0.2, 0.25) is 5.02 Å². The molecule has 0 aliphatic rings. The van der Waals surface area contributed by atoms with E-state index < -0.39 is 6.10 Å². The van der Waals surface area contributed by atoms with Gasteiger partial charge in [0.05, 0.1) is 17.7 Å². The third kappa shape index (κ3) is 3.49. The first-order valence-corrected chi connectivity index (χ1v) is 6.54. The molecule has 1 N–H and O–H groups in total. The average Bonchev–Trinajstić information content (AvgIpc) is 2.77. The standard InChI is InChI=1S/C14H17ClN2O2/c1-10(18)12-3-4-14(13(15)9-12)19-8-7-17-6-5-16-11(17)2/h3-6,9-10,18H,7-8H2,1-2H3/t10-/m1/s1. The van der Waals surface area contributed by atoms with Gasteiger partial charge < -0.3 is 14.4 Å². The molecule has 0 aliphatic heterocycles. The number of imidazole rings is 1. The first-order chi connectivity index (χ1) is 9.08. The minimum absolute atomic E-state index is 0.515. The van der Waals surface area contributed by atoms with Gasteiger partial charge in [-0.15, -0.1) is 0 Å². The molecule has 1 aromatic carbocycles. The molecule has 0 spiro atoms. The Kier molecular flexibility index (Phi) is 4.45. The summed E-state index contributed by atoms with van der Waals surface area (Å²) in [5.74, 6) is 1.59. The number of hydrogen-bond donors (Lipinski definition) is 1. The second-order valence-electron chi connectivity index (χ2n) is 4.38. The Bertz CT molecular complexity index is 552. The monoisotopic (exact) mass is 280 g/mol. The van der Waals surface area contributed by atoms with E-state index in [9.17, 15) is 5.11 Å². The molecule has 0 unspecified atom stereocenters. The summed E-state index contributed by atoms with van der Waals surface area (Å²) in [5.41, 5.74) is 0.780. The highest BCUT2D eigenvalue weighted by Gasteiger charge is 2.06. The molecule has 0 aliphatic carbocycles. The summed E-state index contributed by atoms with van der Waals surface area (Å²) in [5, 5.41) is 9.98. The van der Waals surface area contributed by atoms with Crippen molar-refractivity contribution >= 4 is 11.6 Å². The van der Waals surface area contributed by atoms with Crippen LogP contribution in [-0.4, -0.2) is 21.3 Å². The first-order valence-electron chi connectivity index (χ1n) is 6.16. The van der Waals surface area contributed by atoms with Crippen molar-refractivity contribution in [3.05, 3.63) is 47.0 Å². The maximum absolute atomic E-state index is 9.46. The van der Waals surface area contributed by atoms with Crippen molar-refractivity contribution in [3.8, 4) is 5.75 Å². The van der Waals surface area contributed by atoms with Gasteiger partial charge in [0.15, 0.2) is 0 Å². The number of rotatable bonds is 5. The maximum Gasteiger partial charge on any atom is 0.138 e. The SMILES string of the molecule is Cc1nccn1CCOc1ccc([C@@H](C)O)cc1Cl. The minimum Gasteiger partial charge on any atom is -0.490 e. The molecular formula is C14H17ClN2O2. The number of nitrogens with zero attached hydrogens (tertiary/aromatic N) is 2. The van der Waals surface area contributed by atoms with Gasteiger partial charge in [-0.25, -0.2) is 4.98 Å². The van der Waals surface area contributed by atoms with Gasteiger partial charge in [0, 0.05) is 12.4 Å². The Morgan fingerprint density at radius 2 is 2.26 bits per heavy atom. The molecule has 2 rings (SSSR count). The van der Waals surface area contributed by atoms with Gasteiger partial charge in [0.1, 0.15) is 18.2 Å². The molecule has 5 heteroatoms. The highest BCUT2D eigenvalue weighted by molar-refractivity contribution is 6.32. The summed E-state index contributed by atoms with van der Waals surface area (Å²) >= 11 is 6.11. The number of aliphatic hydroxyl groups is 1. The number of benzene rings is 1. The molecule has 0 fully saturated rings. The lowest BCUT2D eigenvalue weighted by atomic mass is 10.1. The summed E-state index contributed by atoms with van der Waals surface area (Å²) < 4.78 is 7.65. The fraction of sp³-hybridized carbons (Fsp3) is 0.357. The zero-order valence-corrected chi connectivity index (χ0v) is 11.8. The predicted octanol–water partition coefficient (Wildman–Crippen LogP) is 2.98. The highest BCUT2D eigenvalue weighted by atomic mass is 35.5. The topological polar surface area (TPSA) is 47.3 Å². The molecule has 102 valence electrons. The van der Waals surface area contributed by atoms with Gasteiger partial charge in [-0.05, 0) is 31.5 Å². The van der Waals surface area contributed by atoms with Gasteiger partial charge in [-0.2, -0.15) is 0 Å². The smallest absolute Gasteiger partial charge is 0.138 e. The van der Waals surface area contributed by atoms with E-state index in [1.807, 2.05) is 23.8 Å². The fourth-order valence-electron chi connectivity index (χ4n) is 1.79. The van der Waals surface area contributed by atoms with E-state index >= 15 is 0 Å². The van der Waals surface area contributed by atoms with Crippen LogP contribution in [0, 0.1) is 6.92 Å². The van der Waals surface area contributed by atoms with E-state index in [0.29, 0.717) is 17.4 Å². The summed E-state index contributed by atoms with van der Waals surface area (Å²) in [4.78, 5) is 4.14. The zero-order valence-electron chi connectivity index (χ0n) is 11.0. The predicted molar refractivity (Wildman–Crippen MR) is 74.5 cm³/mol. The zero-order chi connectivity index (χ0) is 13.8. The molecule has 4 nitrogen and oxygen atoms in total. The average molecular weight is 281 g/mol. The van der Waals surface area contributed by atoms with Crippen molar-refractivity contribution in [2.24, 2.45) is 0 Å². The molecule has 0 saturated heterocycles. The van der Waals surface area contributed by atoms with Crippen LogP contribution in [0.25, 0.3) is 0 Å². The van der Waals surface area contributed by atoms with Crippen molar-refractivity contribution < 1.29 is 9.84 Å². The van der Waals surface area contributed by atoms with Crippen molar-refractivity contribution in [3.63, 3.8) is 0 Å². The van der Waals surface area contributed by atoms with Crippen LogP contribution in [0.15, 0.2) is 30.6 Å². The van der Waals surface area contributed by atoms with E-state index in [2.05, 4.69) is 4.98 Å². The third-order valence-electron chi connectivity index (χ3n) is 2.95. The normalized spacial score (nSPS) is 12.4. The first kappa shape index (κ1) is 13.9. The van der Waals surface area contributed by atoms with Crippen molar-refractivity contribution in [2.75, 3.05) is 6.61 Å². The molecule has 19 heavy (non-hydrogen) atoms. The Labute approximate surface area is 117 Å². The van der Waals surface area contributed by atoms with E-state index in [0.717, 1.165) is 17.9 Å². The van der Waals surface area contributed by atoms with Gasteiger partial charge >= 0.3 is 0 Å². The van der Waals surface area contributed by atoms with Crippen LogP contribution < -0.4 is 4.74 Å². The summed E-state index contributed by atoms with van der Waals surface area (Å²) in [6.45, 7) is 4.89. The molecular weight excluding hydrogens is 264 g/mol. The molecule has 0 saturated carbocycles. The molecule has 0 bridgehead atoms. The molecule has 1 atom stereocenters. The number of aryl methyl sites for hydroxylation is 1. The lowest BCUT2D eigenvalue weighted by Gasteiger charge is -2.11. The number of halogens is 1. The molecule has 1 aromatic heterocycles. The largest absolute Gasteiger partial charge is 0.490 e. The van der Waals surface area contributed by atoms with Gasteiger partial charge in [0.25, 0.3) is 0 Å². The molecule has 0 radical (unpaired) electrons. The Morgan fingerprint density at radius 1 is 1.47 bits per heavy atom. The second-order valence-corrected chi connectivity index (χ2v) is 4.79. The van der Waals surface area contributed by atoms with Crippen LogP contribution >= 0.6 is 11.6 Å². The molecule has 0 amide bonds. The van der Waals surface area contributed by atoms with Crippen LogP contribution in [0.1, 0.15) is 24.4 Å². The molecule has 1 heterocycles. The van der Waals surface area contributed by atoms with Crippen LogP contribution in [0.3, 0.4) is 0 Å². The van der Waals surface area contributed by atoms with Crippen LogP contribution in [-0.2, 0) is 6.54 Å². The fourth-order valence-corrected chi connectivity index (χ4v) is 2.03. The Hall–Kier alpha value is -1.52. The minimum atomic E-state index is -0.528. The third-order valence-corrected chi connectivity index (χ3v) is 3.25. The Morgan fingerprint density at radius 3 is 2.84 bits per heavy atom. The van der Waals surface area contributed by atoms with E-state index in [1.165, 1.54) is 0 Å². The Balaban J connectivity index is 1.95. The van der Waals surface area contributed by atoms with Crippen molar-refractivity contribution in [1.29, 1.82) is 0 Å². The highest BCUT2D eigenvalue weighted by Crippen LogP contribution is 2.27. The number of aromatic nitrogens is 2. The number of aliphatic hydroxyl groups excluding tert-OH is 1. The lowest BCUT2D eigenvalue weighted by molar-refractivity contribution is 0.199. The van der Waals surface area contributed by atoms with Crippen molar-refractivity contribution in [1.82, 2.24) is 9.55 Å². The quantitative estimate of drug-likeness (QED) is 0.916. The van der Waals surface area contributed by atoms with E-state index in [4.69, 9.17) is 16.3 Å². The van der Waals surface area contributed by atoms with E-state index in [-0.39, 0.29) is 0 Å². The van der Waals surface area contributed by atoms with Crippen LogP contribution in [0.4, 0.5) is 0 Å². The number of ether oxygens (including phenoxy) is 1. The number of hydrogen-bond acceptors (Lipinski definition) is 3. The summed E-state index contributed by atoms with van der Waals surface area (Å²) in [7, 11) is 0. The summed E-state index contributed by atoms with van der Waals surface area (Å²) in [6, 6.07) is 5.32. The lowest BCUT2D eigenvalue weighted by Crippen LogP contribution is -2.09. The molecule has 2 aromatic rings. The van der Waals surface area contributed by atoms with Gasteiger partial charge in [-0.1, -0.05) is 17.7 Å². The maximum atomic E-state index is 9.46. The van der Waals surface area contributed by atoms with Gasteiger partial charge in [0.2, 0.25) is 0 Å². The van der Waals surface area contributed by atoms with Gasteiger partial charge in [-0.3, -0.25) is 0 Å². The summed E-state index contributed by atoms with van der Waals surface area (Å²) in [6.07, 6.45) is 3.15. The second kappa shape index (κ2) is 6.08. The van der Waals surface area contributed by atoms with E-state index in [1.54, 1.807) is 25.3 Å². The van der Waals surface area contributed by atoms with Crippen LogP contribution in [0.5, 0.6) is 5.75 Å².